The Kier molecular flexibility index (Phi) is 5.59. The number of piperazine rings is 1. The summed E-state index contributed by atoms with van der Waals surface area (Å²) in [5.74, 6) is 0.0724. The highest BCUT2D eigenvalue weighted by molar-refractivity contribution is 6.29. The Labute approximate surface area is 132 Å². The molecule has 1 saturated heterocycles. The van der Waals surface area contributed by atoms with Crippen molar-refractivity contribution in [2.75, 3.05) is 26.7 Å². The first-order chi connectivity index (χ1) is 10.0. The fraction of sp³-hybridized carbons (Fsp3) is 0.625. The average Bonchev–Trinajstić information content (AvgIpc) is 2.47. The Hall–Kier alpha value is -1.13. The van der Waals surface area contributed by atoms with Crippen molar-refractivity contribution < 1.29 is 4.79 Å². The van der Waals surface area contributed by atoms with Crippen molar-refractivity contribution in [2.45, 2.75) is 39.2 Å². The molecule has 21 heavy (non-hydrogen) atoms. The summed E-state index contributed by atoms with van der Waals surface area (Å²) in [5.41, 5.74) is 1.56. The Morgan fingerprint density at radius 1 is 1.38 bits per heavy atom. The van der Waals surface area contributed by atoms with Crippen LogP contribution < -0.4 is 0 Å². The van der Waals surface area contributed by atoms with Crippen LogP contribution in [0.15, 0.2) is 12.1 Å². The normalized spacial score (nSPS) is 19.8. The van der Waals surface area contributed by atoms with Gasteiger partial charge in [0.2, 0.25) is 0 Å². The molecule has 1 aromatic rings. The van der Waals surface area contributed by atoms with Crippen LogP contribution in [0.1, 0.15) is 42.7 Å². The lowest BCUT2D eigenvalue weighted by molar-refractivity contribution is 0.0541. The van der Waals surface area contributed by atoms with Gasteiger partial charge >= 0.3 is 0 Å². The third-order valence-corrected chi connectivity index (χ3v) is 4.33. The van der Waals surface area contributed by atoms with E-state index >= 15 is 0 Å². The zero-order chi connectivity index (χ0) is 15.4. The monoisotopic (exact) mass is 309 g/mol. The highest BCUT2D eigenvalue weighted by Crippen LogP contribution is 2.17. The molecule has 1 fully saturated rings. The van der Waals surface area contributed by atoms with E-state index in [0.29, 0.717) is 16.8 Å². The van der Waals surface area contributed by atoms with Gasteiger partial charge in [-0.15, -0.1) is 0 Å². The number of pyridine rings is 1. The largest absolute Gasteiger partial charge is 0.336 e. The molecule has 1 amide bonds. The van der Waals surface area contributed by atoms with Gasteiger partial charge in [-0.1, -0.05) is 31.9 Å². The maximum absolute atomic E-state index is 12.7. The summed E-state index contributed by atoms with van der Waals surface area (Å²) < 4.78 is 0. The van der Waals surface area contributed by atoms with Crippen LogP contribution in [0.5, 0.6) is 0 Å². The molecule has 0 radical (unpaired) electrons. The second kappa shape index (κ2) is 7.23. The van der Waals surface area contributed by atoms with Crippen molar-refractivity contribution in [1.82, 2.24) is 14.8 Å². The minimum Gasteiger partial charge on any atom is -0.336 e. The summed E-state index contributed by atoms with van der Waals surface area (Å²) in [6.45, 7) is 6.74. The van der Waals surface area contributed by atoms with Crippen LogP contribution in [0, 0.1) is 0 Å². The van der Waals surface area contributed by atoms with E-state index in [1.165, 1.54) is 0 Å². The molecule has 0 aliphatic carbocycles. The van der Waals surface area contributed by atoms with Gasteiger partial charge in [0, 0.05) is 36.9 Å². The summed E-state index contributed by atoms with van der Waals surface area (Å²) >= 11 is 6.06. The Bertz CT molecular complexity index is 506. The average molecular weight is 310 g/mol. The summed E-state index contributed by atoms with van der Waals surface area (Å²) in [5, 5.41) is 0.408. The van der Waals surface area contributed by atoms with Gasteiger partial charge in [0.1, 0.15) is 5.15 Å². The number of likely N-dealkylation sites (N-methyl/N-ethyl adjacent to an activating group) is 1. The summed E-state index contributed by atoms with van der Waals surface area (Å²) in [6, 6.07) is 4.01. The fourth-order valence-electron chi connectivity index (χ4n) is 2.81. The number of rotatable bonds is 4. The molecule has 116 valence electrons. The topological polar surface area (TPSA) is 36.4 Å². The number of nitrogens with zero attached hydrogens (tertiary/aromatic N) is 3. The van der Waals surface area contributed by atoms with E-state index < -0.39 is 0 Å². The van der Waals surface area contributed by atoms with Gasteiger partial charge in [-0.25, -0.2) is 4.98 Å². The first-order valence-corrected chi connectivity index (χ1v) is 8.08. The molecule has 5 heteroatoms. The van der Waals surface area contributed by atoms with E-state index in [0.717, 1.165) is 44.6 Å². The SMILES string of the molecule is CCCc1cc(C(=O)N2CCN(C)C(CC)C2)cc(Cl)n1. The molecule has 1 unspecified atom stereocenters. The summed E-state index contributed by atoms with van der Waals surface area (Å²) in [6.07, 6.45) is 2.90. The second-order valence-electron chi connectivity index (χ2n) is 5.71. The van der Waals surface area contributed by atoms with E-state index in [-0.39, 0.29) is 5.91 Å². The van der Waals surface area contributed by atoms with Crippen LogP contribution in [0.25, 0.3) is 0 Å². The molecule has 1 aliphatic heterocycles. The van der Waals surface area contributed by atoms with E-state index in [4.69, 9.17) is 11.6 Å². The van der Waals surface area contributed by atoms with Crippen molar-refractivity contribution in [3.8, 4) is 0 Å². The summed E-state index contributed by atoms with van der Waals surface area (Å²) in [7, 11) is 2.12. The van der Waals surface area contributed by atoms with Crippen LogP contribution in [0.4, 0.5) is 0 Å². The van der Waals surface area contributed by atoms with Crippen LogP contribution >= 0.6 is 11.6 Å². The van der Waals surface area contributed by atoms with Crippen LogP contribution in [-0.4, -0.2) is 53.4 Å². The lowest BCUT2D eigenvalue weighted by Gasteiger charge is -2.39. The standard InChI is InChI=1S/C16H24ClN3O/c1-4-6-13-9-12(10-15(17)18-13)16(21)20-8-7-19(3)14(5-2)11-20/h9-10,14H,4-8,11H2,1-3H3. The third-order valence-electron chi connectivity index (χ3n) is 4.14. The van der Waals surface area contributed by atoms with Gasteiger partial charge < -0.3 is 4.90 Å². The van der Waals surface area contributed by atoms with Crippen LogP contribution in [0.3, 0.4) is 0 Å². The predicted molar refractivity (Wildman–Crippen MR) is 85.9 cm³/mol. The minimum absolute atomic E-state index is 0.0724. The Balaban J connectivity index is 2.16. The van der Waals surface area contributed by atoms with E-state index in [1.807, 2.05) is 11.0 Å². The molecule has 0 spiro atoms. The zero-order valence-corrected chi connectivity index (χ0v) is 13.9. The molecule has 1 aromatic heterocycles. The number of halogens is 1. The highest BCUT2D eigenvalue weighted by Gasteiger charge is 2.27. The maximum Gasteiger partial charge on any atom is 0.254 e. The molecule has 0 saturated carbocycles. The van der Waals surface area contributed by atoms with Gasteiger partial charge in [-0.05, 0) is 32.0 Å². The maximum atomic E-state index is 12.7. The molecular weight excluding hydrogens is 286 g/mol. The molecule has 4 nitrogen and oxygen atoms in total. The lowest BCUT2D eigenvalue weighted by atomic mass is 10.1. The third kappa shape index (κ3) is 3.95. The predicted octanol–water partition coefficient (Wildman–Crippen LogP) is 2.85. The van der Waals surface area contributed by atoms with Crippen LogP contribution in [-0.2, 0) is 6.42 Å². The lowest BCUT2D eigenvalue weighted by Crippen LogP contribution is -2.53. The molecule has 0 aromatic carbocycles. The Morgan fingerprint density at radius 3 is 2.81 bits per heavy atom. The van der Waals surface area contributed by atoms with Gasteiger partial charge in [0.25, 0.3) is 5.91 Å². The van der Waals surface area contributed by atoms with Gasteiger partial charge in [-0.2, -0.15) is 0 Å². The molecule has 0 bridgehead atoms. The number of carbonyl (C=O) groups is 1. The van der Waals surface area contributed by atoms with Crippen molar-refractivity contribution in [1.29, 1.82) is 0 Å². The first-order valence-electron chi connectivity index (χ1n) is 7.71. The molecule has 0 N–H and O–H groups in total. The van der Waals surface area contributed by atoms with Crippen molar-refractivity contribution in [2.24, 2.45) is 0 Å². The molecule has 2 rings (SSSR count). The quantitative estimate of drug-likeness (QED) is 0.803. The fourth-order valence-corrected chi connectivity index (χ4v) is 3.04. The van der Waals surface area contributed by atoms with Crippen molar-refractivity contribution in [3.05, 3.63) is 28.5 Å². The molecule has 2 heterocycles. The van der Waals surface area contributed by atoms with E-state index in [2.05, 4.69) is 30.8 Å². The number of aromatic nitrogens is 1. The first kappa shape index (κ1) is 16.2. The Morgan fingerprint density at radius 2 is 2.14 bits per heavy atom. The summed E-state index contributed by atoms with van der Waals surface area (Å²) in [4.78, 5) is 21.2. The number of hydrogen-bond donors (Lipinski definition) is 0. The highest BCUT2D eigenvalue weighted by atomic mass is 35.5. The number of hydrogen-bond acceptors (Lipinski definition) is 3. The van der Waals surface area contributed by atoms with Gasteiger partial charge in [0.15, 0.2) is 0 Å². The molecule has 1 aliphatic rings. The number of amides is 1. The molecule has 1 atom stereocenters. The van der Waals surface area contributed by atoms with E-state index in [9.17, 15) is 4.79 Å². The van der Waals surface area contributed by atoms with Crippen LogP contribution in [0.2, 0.25) is 5.15 Å². The molecular formula is C16H24ClN3O. The minimum atomic E-state index is 0.0724. The zero-order valence-electron chi connectivity index (χ0n) is 13.1. The van der Waals surface area contributed by atoms with Crippen molar-refractivity contribution in [3.63, 3.8) is 0 Å². The van der Waals surface area contributed by atoms with E-state index in [1.54, 1.807) is 6.07 Å². The number of carbonyl (C=O) groups excluding carboxylic acids is 1. The smallest absolute Gasteiger partial charge is 0.254 e. The van der Waals surface area contributed by atoms with Gasteiger partial charge in [-0.3, -0.25) is 9.69 Å². The second-order valence-corrected chi connectivity index (χ2v) is 6.10. The van der Waals surface area contributed by atoms with Gasteiger partial charge in [0.05, 0.1) is 0 Å². The van der Waals surface area contributed by atoms with Crippen molar-refractivity contribution >= 4 is 17.5 Å². The number of aryl methyl sites for hydroxylation is 1.